The molecule has 0 aliphatic heterocycles. The van der Waals surface area contributed by atoms with Crippen molar-refractivity contribution in [3.63, 3.8) is 0 Å². The maximum Gasteiger partial charge on any atom is 0.520 e. The third-order valence-electron chi connectivity index (χ3n) is 9.55. The molecule has 0 amide bonds. The standard InChI is InChI=1S/C45H87NO8P/c1-7-11-13-15-17-19-21-23-25-27-29-31-33-35-37-39-44(47)50-42-43(41-46(5,6)54-55(49,51-9-3)52-10-4)53-45(48)40-38-36-34-32-30-28-26-24-22-20-18-16-14-12-8-2/h23-26,43H,7-22,27-42H2,1-6H3/q+1/b25-23?,26-24-. The Kier molecular flexibility index (Phi) is 37.0. The van der Waals surface area contributed by atoms with Crippen LogP contribution in [0.2, 0.25) is 0 Å². The molecule has 0 radical (unpaired) electrons. The Bertz CT molecular complexity index is 991. The first-order valence-corrected chi connectivity index (χ1v) is 24.2. The van der Waals surface area contributed by atoms with Gasteiger partial charge in [-0.2, -0.15) is 4.65 Å². The third-order valence-corrected chi connectivity index (χ3v) is 11.3. The highest BCUT2D eigenvalue weighted by molar-refractivity contribution is 7.48. The van der Waals surface area contributed by atoms with E-state index in [2.05, 4.69) is 38.2 Å². The Hall–Kier alpha value is -1.51. The zero-order valence-electron chi connectivity index (χ0n) is 36.7. The normalized spacial score (nSPS) is 12.9. The molecular weight excluding hydrogens is 713 g/mol. The lowest BCUT2D eigenvalue weighted by molar-refractivity contribution is -1.05. The SMILES string of the molecule is CCCCCCCCC=CCCCCCCCC(=O)OCC(C[N+](C)(C)OP(=O)(OCC)OCC)OC(=O)CCCCCCC/C=C\CCCCCCCC. The zero-order valence-corrected chi connectivity index (χ0v) is 37.6. The maximum absolute atomic E-state index is 13.1. The number of hydrogen-bond acceptors (Lipinski definition) is 8. The number of rotatable bonds is 41. The van der Waals surface area contributed by atoms with Crippen molar-refractivity contribution >= 4 is 19.8 Å². The van der Waals surface area contributed by atoms with E-state index in [4.69, 9.17) is 23.1 Å². The van der Waals surface area contributed by atoms with E-state index in [1.54, 1.807) is 27.9 Å². The Morgan fingerprint density at radius 3 is 1.29 bits per heavy atom. The summed E-state index contributed by atoms with van der Waals surface area (Å²) in [6, 6.07) is 0. The highest BCUT2D eigenvalue weighted by Crippen LogP contribution is 2.51. The molecule has 0 saturated heterocycles. The monoisotopic (exact) mass is 801 g/mol. The minimum atomic E-state index is -3.84. The molecule has 0 aliphatic rings. The van der Waals surface area contributed by atoms with Gasteiger partial charge in [-0.1, -0.05) is 146 Å². The second kappa shape index (κ2) is 38.0. The zero-order chi connectivity index (χ0) is 40.7. The summed E-state index contributed by atoms with van der Waals surface area (Å²) >= 11 is 0. The smallest absolute Gasteiger partial charge is 0.461 e. The molecule has 10 heteroatoms. The molecule has 0 aromatic rings. The van der Waals surface area contributed by atoms with Crippen LogP contribution in [-0.4, -0.2) is 63.1 Å². The minimum Gasteiger partial charge on any atom is -0.461 e. The van der Waals surface area contributed by atoms with Gasteiger partial charge in [-0.05, 0) is 78.1 Å². The molecule has 0 aromatic carbocycles. The van der Waals surface area contributed by atoms with Gasteiger partial charge in [0, 0.05) is 12.8 Å². The number of phosphoric acid groups is 1. The van der Waals surface area contributed by atoms with Gasteiger partial charge in [0.2, 0.25) is 0 Å². The van der Waals surface area contributed by atoms with Crippen LogP contribution in [0.4, 0.5) is 0 Å². The van der Waals surface area contributed by atoms with Gasteiger partial charge in [0.15, 0.2) is 6.10 Å². The van der Waals surface area contributed by atoms with Crippen molar-refractivity contribution < 1.29 is 41.9 Å². The van der Waals surface area contributed by atoms with Gasteiger partial charge < -0.3 is 9.47 Å². The average Bonchev–Trinajstić information content (AvgIpc) is 3.13. The molecule has 1 unspecified atom stereocenters. The first kappa shape index (κ1) is 53.5. The second-order valence-electron chi connectivity index (χ2n) is 15.6. The summed E-state index contributed by atoms with van der Waals surface area (Å²) in [5.74, 6) is -0.648. The van der Waals surface area contributed by atoms with Crippen molar-refractivity contribution in [2.45, 2.75) is 214 Å². The number of nitrogens with zero attached hydrogens (tertiary/aromatic N) is 1. The minimum absolute atomic E-state index is 0.0966. The highest BCUT2D eigenvalue weighted by Gasteiger charge is 2.39. The Morgan fingerprint density at radius 2 is 0.891 bits per heavy atom. The van der Waals surface area contributed by atoms with E-state index >= 15 is 0 Å². The fraction of sp³-hybridized carbons (Fsp3) is 0.867. The fourth-order valence-electron chi connectivity index (χ4n) is 6.50. The van der Waals surface area contributed by atoms with E-state index in [-0.39, 0.29) is 43.0 Å². The molecule has 0 aliphatic carbocycles. The van der Waals surface area contributed by atoms with Gasteiger partial charge in [-0.3, -0.25) is 18.6 Å². The number of phosphoric ester groups is 1. The van der Waals surface area contributed by atoms with E-state index < -0.39 is 13.9 Å². The summed E-state index contributed by atoms with van der Waals surface area (Å²) in [4.78, 5) is 25.6. The Labute approximate surface area is 339 Å². The van der Waals surface area contributed by atoms with Gasteiger partial charge >= 0.3 is 19.8 Å². The number of carbonyl (C=O) groups is 2. The van der Waals surface area contributed by atoms with Crippen LogP contribution < -0.4 is 0 Å². The molecule has 0 N–H and O–H groups in total. The Balaban J connectivity index is 4.57. The second-order valence-corrected chi connectivity index (χ2v) is 17.2. The van der Waals surface area contributed by atoms with Gasteiger partial charge in [-0.25, -0.2) is 4.57 Å². The molecule has 0 saturated carbocycles. The van der Waals surface area contributed by atoms with E-state index in [0.717, 1.165) is 64.2 Å². The molecule has 55 heavy (non-hydrogen) atoms. The van der Waals surface area contributed by atoms with Gasteiger partial charge in [-0.15, -0.1) is 0 Å². The molecular formula is C45H87NO8P+. The molecule has 324 valence electrons. The van der Waals surface area contributed by atoms with Crippen molar-refractivity contribution in [3.8, 4) is 0 Å². The molecule has 0 rings (SSSR count). The van der Waals surface area contributed by atoms with Crippen LogP contribution in [0.3, 0.4) is 0 Å². The first-order valence-electron chi connectivity index (χ1n) is 22.7. The number of ether oxygens (including phenoxy) is 2. The lowest BCUT2D eigenvalue weighted by atomic mass is 10.1. The molecule has 9 nitrogen and oxygen atoms in total. The van der Waals surface area contributed by atoms with Crippen LogP contribution in [0, 0.1) is 0 Å². The predicted molar refractivity (Wildman–Crippen MR) is 229 cm³/mol. The number of hydroxylamine groups is 3. The summed E-state index contributed by atoms with van der Waals surface area (Å²) < 4.78 is 40.7. The van der Waals surface area contributed by atoms with Crippen molar-refractivity contribution in [2.75, 3.05) is 40.5 Å². The number of unbranched alkanes of at least 4 members (excludes halogenated alkanes) is 22. The average molecular weight is 801 g/mol. The third kappa shape index (κ3) is 36.6. The van der Waals surface area contributed by atoms with Gasteiger partial charge in [0.1, 0.15) is 13.2 Å². The number of carbonyl (C=O) groups excluding carboxylic acids is 2. The number of hydrogen-bond donors (Lipinski definition) is 0. The van der Waals surface area contributed by atoms with Crippen molar-refractivity contribution in [3.05, 3.63) is 24.3 Å². The maximum atomic E-state index is 13.1. The van der Waals surface area contributed by atoms with Crippen molar-refractivity contribution in [1.82, 2.24) is 0 Å². The number of allylic oxidation sites excluding steroid dienone is 4. The number of likely N-dealkylation sites (N-methyl/N-ethyl adjacent to an activating group) is 1. The van der Waals surface area contributed by atoms with Crippen LogP contribution in [0.25, 0.3) is 0 Å². The number of quaternary nitrogens is 1. The lowest BCUT2D eigenvalue weighted by Crippen LogP contribution is -2.47. The van der Waals surface area contributed by atoms with Crippen molar-refractivity contribution in [1.29, 1.82) is 0 Å². The first-order chi connectivity index (χ1) is 26.6. The van der Waals surface area contributed by atoms with Gasteiger partial charge in [0.05, 0.1) is 27.3 Å². The van der Waals surface area contributed by atoms with Crippen LogP contribution in [-0.2, 0) is 37.3 Å². The summed E-state index contributed by atoms with van der Waals surface area (Å²) in [5, 5.41) is 0. The summed E-state index contributed by atoms with van der Waals surface area (Å²) in [7, 11) is -0.474. The van der Waals surface area contributed by atoms with E-state index in [0.29, 0.717) is 12.8 Å². The summed E-state index contributed by atoms with van der Waals surface area (Å²) in [6.07, 6.45) is 40.1. The predicted octanol–water partition coefficient (Wildman–Crippen LogP) is 13.7. The van der Waals surface area contributed by atoms with E-state index in [1.165, 1.54) is 103 Å². The molecule has 0 bridgehead atoms. The summed E-state index contributed by atoms with van der Waals surface area (Å²) in [6.45, 7) is 8.24. The van der Waals surface area contributed by atoms with Crippen LogP contribution >= 0.6 is 7.82 Å². The summed E-state index contributed by atoms with van der Waals surface area (Å²) in [5.41, 5.74) is 0. The largest absolute Gasteiger partial charge is 0.520 e. The van der Waals surface area contributed by atoms with Gasteiger partial charge in [0.25, 0.3) is 0 Å². The van der Waals surface area contributed by atoms with E-state index in [9.17, 15) is 14.2 Å². The molecule has 0 heterocycles. The molecule has 1 atom stereocenters. The molecule has 0 aromatic heterocycles. The Morgan fingerprint density at radius 1 is 0.527 bits per heavy atom. The molecule has 0 fully saturated rings. The van der Waals surface area contributed by atoms with Crippen LogP contribution in [0.5, 0.6) is 0 Å². The lowest BCUT2D eigenvalue weighted by Gasteiger charge is -2.31. The number of esters is 2. The highest BCUT2D eigenvalue weighted by atomic mass is 31.2. The van der Waals surface area contributed by atoms with Crippen LogP contribution in [0.1, 0.15) is 207 Å². The fourth-order valence-corrected chi connectivity index (χ4v) is 7.91. The molecule has 0 spiro atoms. The van der Waals surface area contributed by atoms with Crippen LogP contribution in [0.15, 0.2) is 24.3 Å². The quantitative estimate of drug-likeness (QED) is 0.0151. The topological polar surface area (TPSA) is 97.4 Å². The van der Waals surface area contributed by atoms with Crippen molar-refractivity contribution in [2.24, 2.45) is 0 Å². The van der Waals surface area contributed by atoms with E-state index in [1.807, 2.05) is 0 Å².